The highest BCUT2D eigenvalue weighted by molar-refractivity contribution is 7.89. The number of benzene rings is 2. The molecule has 0 heterocycles. The Morgan fingerprint density at radius 1 is 1.04 bits per heavy atom. The molecule has 0 amide bonds. The quantitative estimate of drug-likeness (QED) is 0.884. The molecule has 3 nitrogen and oxygen atoms in total. The fraction of sp³-hybridized carbons (Fsp3) is 0.294. The number of aryl methyl sites for hydroxylation is 2. The molecule has 0 bridgehead atoms. The van der Waals surface area contributed by atoms with E-state index in [1.54, 1.807) is 26.0 Å². The van der Waals surface area contributed by atoms with Gasteiger partial charge in [0, 0.05) is 6.04 Å². The number of rotatable bonds is 4. The lowest BCUT2D eigenvalue weighted by atomic mass is 10.1. The van der Waals surface area contributed by atoms with Crippen molar-refractivity contribution in [2.75, 3.05) is 0 Å². The van der Waals surface area contributed by atoms with E-state index < -0.39 is 27.8 Å². The lowest BCUT2D eigenvalue weighted by Gasteiger charge is -2.17. The van der Waals surface area contributed by atoms with Crippen LogP contribution in [0.25, 0.3) is 0 Å². The molecule has 0 aliphatic heterocycles. The Hall–Kier alpha value is -1.86. The summed E-state index contributed by atoms with van der Waals surface area (Å²) in [5.41, 5.74) is 0.800. The molecule has 0 fully saturated rings. The van der Waals surface area contributed by atoms with Crippen LogP contribution in [0.1, 0.15) is 35.2 Å². The molecule has 1 N–H and O–H groups in total. The maximum atomic E-state index is 12.8. The van der Waals surface area contributed by atoms with Crippen molar-refractivity contribution in [1.29, 1.82) is 0 Å². The van der Waals surface area contributed by atoms with Crippen LogP contribution in [-0.2, 0) is 16.2 Å². The molecule has 0 aromatic heterocycles. The zero-order valence-electron chi connectivity index (χ0n) is 13.5. The molecule has 2 aromatic rings. The van der Waals surface area contributed by atoms with E-state index in [1.807, 2.05) is 0 Å². The monoisotopic (exact) mass is 357 g/mol. The largest absolute Gasteiger partial charge is 0.416 e. The van der Waals surface area contributed by atoms with Crippen LogP contribution in [0.2, 0.25) is 0 Å². The van der Waals surface area contributed by atoms with E-state index in [1.165, 1.54) is 25.1 Å². The summed E-state index contributed by atoms with van der Waals surface area (Å²) >= 11 is 0. The molecule has 0 spiro atoms. The molecule has 130 valence electrons. The summed E-state index contributed by atoms with van der Waals surface area (Å²) in [4.78, 5) is 0.126. The molecule has 0 radical (unpaired) electrons. The highest BCUT2D eigenvalue weighted by Crippen LogP contribution is 2.31. The Labute approximate surface area is 139 Å². The van der Waals surface area contributed by atoms with Gasteiger partial charge in [0.1, 0.15) is 0 Å². The average molecular weight is 357 g/mol. The molecule has 0 saturated heterocycles. The van der Waals surface area contributed by atoms with Crippen molar-refractivity contribution in [2.45, 2.75) is 37.9 Å². The summed E-state index contributed by atoms with van der Waals surface area (Å²) in [6, 6.07) is 8.87. The summed E-state index contributed by atoms with van der Waals surface area (Å²) in [6.07, 6.45) is -4.47. The van der Waals surface area contributed by atoms with Crippen LogP contribution in [0.3, 0.4) is 0 Å². The van der Waals surface area contributed by atoms with E-state index in [0.29, 0.717) is 5.56 Å². The van der Waals surface area contributed by atoms with Gasteiger partial charge < -0.3 is 0 Å². The Kier molecular flexibility index (Phi) is 5.05. The Morgan fingerprint density at radius 3 is 2.33 bits per heavy atom. The molecule has 0 saturated carbocycles. The highest BCUT2D eigenvalue weighted by atomic mass is 32.2. The minimum atomic E-state index is -4.47. The van der Waals surface area contributed by atoms with Gasteiger partial charge in [0.05, 0.1) is 10.5 Å². The highest BCUT2D eigenvalue weighted by Gasteiger charge is 2.31. The lowest BCUT2D eigenvalue weighted by molar-refractivity contribution is -0.137. The van der Waals surface area contributed by atoms with E-state index in [2.05, 4.69) is 4.72 Å². The first-order valence-corrected chi connectivity index (χ1v) is 8.76. The lowest BCUT2D eigenvalue weighted by Crippen LogP contribution is -2.27. The molecular weight excluding hydrogens is 339 g/mol. The van der Waals surface area contributed by atoms with Crippen LogP contribution < -0.4 is 4.72 Å². The number of sulfonamides is 1. The first-order valence-electron chi connectivity index (χ1n) is 7.27. The smallest absolute Gasteiger partial charge is 0.207 e. The van der Waals surface area contributed by atoms with E-state index >= 15 is 0 Å². The molecule has 0 aliphatic rings. The van der Waals surface area contributed by atoms with Gasteiger partial charge in [-0.1, -0.05) is 24.3 Å². The Balaban J connectivity index is 2.32. The number of hydrogen-bond acceptors (Lipinski definition) is 2. The Morgan fingerprint density at radius 2 is 1.71 bits per heavy atom. The summed E-state index contributed by atoms with van der Waals surface area (Å²) in [5.74, 6) is 0. The summed E-state index contributed by atoms with van der Waals surface area (Å²) in [7, 11) is -3.84. The van der Waals surface area contributed by atoms with Gasteiger partial charge in [0.2, 0.25) is 10.0 Å². The van der Waals surface area contributed by atoms with E-state index in [9.17, 15) is 21.6 Å². The van der Waals surface area contributed by atoms with Gasteiger partial charge in [-0.15, -0.1) is 0 Å². The third-order valence-corrected chi connectivity index (χ3v) is 5.36. The van der Waals surface area contributed by atoms with Crippen molar-refractivity contribution in [3.8, 4) is 0 Å². The summed E-state index contributed by atoms with van der Waals surface area (Å²) in [6.45, 7) is 4.95. The molecule has 24 heavy (non-hydrogen) atoms. The van der Waals surface area contributed by atoms with Crippen molar-refractivity contribution in [2.24, 2.45) is 0 Å². The predicted molar refractivity (Wildman–Crippen MR) is 86.1 cm³/mol. The van der Waals surface area contributed by atoms with Crippen LogP contribution in [0.15, 0.2) is 47.4 Å². The van der Waals surface area contributed by atoms with Gasteiger partial charge in [-0.3, -0.25) is 0 Å². The summed E-state index contributed by atoms with van der Waals surface area (Å²) in [5, 5.41) is 0. The Bertz CT molecular complexity index is 845. The SMILES string of the molecule is Cc1ccc(C)c(S(=O)(=O)NC(C)c2cccc(C(F)(F)F)c2)c1. The fourth-order valence-electron chi connectivity index (χ4n) is 2.35. The standard InChI is InChI=1S/C17H18F3NO2S/c1-11-7-8-12(2)16(9-11)24(22,23)21-13(3)14-5-4-6-15(10-14)17(18,19)20/h4-10,13,21H,1-3H3. The number of alkyl halides is 3. The first kappa shape index (κ1) is 18.5. The average Bonchev–Trinajstić information content (AvgIpc) is 2.48. The zero-order valence-corrected chi connectivity index (χ0v) is 14.3. The van der Waals surface area contributed by atoms with Gasteiger partial charge in [-0.2, -0.15) is 13.2 Å². The molecule has 7 heteroatoms. The number of hydrogen-bond donors (Lipinski definition) is 1. The second kappa shape index (κ2) is 6.57. The third-order valence-electron chi connectivity index (χ3n) is 3.68. The van der Waals surface area contributed by atoms with Gasteiger partial charge in [0.15, 0.2) is 0 Å². The topological polar surface area (TPSA) is 46.2 Å². The number of nitrogens with one attached hydrogen (secondary N) is 1. The maximum Gasteiger partial charge on any atom is 0.416 e. The van der Waals surface area contributed by atoms with Crippen molar-refractivity contribution in [1.82, 2.24) is 4.72 Å². The molecule has 1 unspecified atom stereocenters. The van der Waals surface area contributed by atoms with E-state index in [-0.39, 0.29) is 10.5 Å². The maximum absolute atomic E-state index is 12.8. The van der Waals surface area contributed by atoms with Crippen molar-refractivity contribution < 1.29 is 21.6 Å². The van der Waals surface area contributed by atoms with Crippen LogP contribution >= 0.6 is 0 Å². The normalized spacial score (nSPS) is 13.8. The molecular formula is C17H18F3NO2S. The predicted octanol–water partition coefficient (Wildman–Crippen LogP) is 4.36. The van der Waals surface area contributed by atoms with Crippen LogP contribution in [0.4, 0.5) is 13.2 Å². The van der Waals surface area contributed by atoms with Crippen molar-refractivity contribution in [3.63, 3.8) is 0 Å². The van der Waals surface area contributed by atoms with Crippen LogP contribution in [-0.4, -0.2) is 8.42 Å². The fourth-order valence-corrected chi connectivity index (χ4v) is 3.91. The summed E-state index contributed by atoms with van der Waals surface area (Å²) < 4.78 is 65.9. The van der Waals surface area contributed by atoms with Crippen molar-refractivity contribution >= 4 is 10.0 Å². The van der Waals surface area contributed by atoms with Gasteiger partial charge in [0.25, 0.3) is 0 Å². The van der Waals surface area contributed by atoms with Crippen LogP contribution in [0.5, 0.6) is 0 Å². The number of halogens is 3. The molecule has 2 aromatic carbocycles. The van der Waals surface area contributed by atoms with E-state index in [0.717, 1.165) is 17.7 Å². The van der Waals surface area contributed by atoms with E-state index in [4.69, 9.17) is 0 Å². The molecule has 0 aliphatic carbocycles. The zero-order chi connectivity index (χ0) is 18.1. The van der Waals surface area contributed by atoms with Gasteiger partial charge in [-0.25, -0.2) is 13.1 Å². The molecule has 1 atom stereocenters. The second-order valence-electron chi connectivity index (χ2n) is 5.74. The van der Waals surface area contributed by atoms with Crippen LogP contribution in [0, 0.1) is 13.8 Å². The second-order valence-corrected chi connectivity index (χ2v) is 7.42. The first-order chi connectivity index (χ1) is 11.0. The third kappa shape index (κ3) is 4.15. The van der Waals surface area contributed by atoms with Gasteiger partial charge in [-0.05, 0) is 55.7 Å². The van der Waals surface area contributed by atoms with Crippen molar-refractivity contribution in [3.05, 3.63) is 64.7 Å². The molecule has 2 rings (SSSR count). The minimum Gasteiger partial charge on any atom is -0.207 e. The minimum absolute atomic E-state index is 0.126. The van der Waals surface area contributed by atoms with Gasteiger partial charge >= 0.3 is 6.18 Å².